The van der Waals surface area contributed by atoms with Crippen LogP contribution in [0.2, 0.25) is 0 Å². The number of carbonyl (C=O) groups excluding carboxylic acids is 2. The van der Waals surface area contributed by atoms with Crippen LogP contribution in [-0.4, -0.2) is 60.6 Å². The second-order valence-electron chi connectivity index (χ2n) is 11.2. The van der Waals surface area contributed by atoms with Gasteiger partial charge >= 0.3 is 6.09 Å². The summed E-state index contributed by atoms with van der Waals surface area (Å²) in [7, 11) is 0. The fourth-order valence-electron chi connectivity index (χ4n) is 5.85. The van der Waals surface area contributed by atoms with Gasteiger partial charge in [0.15, 0.2) is 0 Å². The lowest BCUT2D eigenvalue weighted by Gasteiger charge is -2.40. The van der Waals surface area contributed by atoms with Gasteiger partial charge in [-0.1, -0.05) is 97.1 Å². The van der Waals surface area contributed by atoms with Gasteiger partial charge in [-0.05, 0) is 54.2 Å². The van der Waals surface area contributed by atoms with E-state index in [0.29, 0.717) is 37.1 Å². The highest BCUT2D eigenvalue weighted by atomic mass is 16.6. The molecule has 0 spiro atoms. The van der Waals surface area contributed by atoms with Crippen molar-refractivity contribution < 1.29 is 19.1 Å². The largest absolute Gasteiger partial charge is 0.494 e. The number of nitrogens with two attached hydrogens (primary N) is 1. The smallest absolute Gasteiger partial charge is 0.410 e. The number of likely N-dealkylation sites (tertiary alicyclic amines) is 1. The zero-order valence-corrected chi connectivity index (χ0v) is 25.1. The van der Waals surface area contributed by atoms with Gasteiger partial charge in [0.2, 0.25) is 5.91 Å². The first-order chi connectivity index (χ1) is 21.6. The Hall–Kier alpha value is -4.62. The summed E-state index contributed by atoms with van der Waals surface area (Å²) in [6.45, 7) is 3.82. The Morgan fingerprint density at radius 3 is 2.05 bits per heavy atom. The van der Waals surface area contributed by atoms with Crippen LogP contribution in [-0.2, 0) is 11.3 Å². The third-order valence-corrected chi connectivity index (χ3v) is 8.24. The summed E-state index contributed by atoms with van der Waals surface area (Å²) in [5.41, 5.74) is 9.43. The molecule has 0 bridgehead atoms. The average molecular weight is 592 g/mol. The zero-order chi connectivity index (χ0) is 30.6. The van der Waals surface area contributed by atoms with E-state index < -0.39 is 5.91 Å². The first kappa shape index (κ1) is 30.8. The number of primary amides is 1. The first-order valence-electron chi connectivity index (χ1n) is 15.4. The Kier molecular flexibility index (Phi) is 11.0. The lowest BCUT2D eigenvalue weighted by atomic mass is 9.89. The molecule has 4 aromatic carbocycles. The highest BCUT2D eigenvalue weighted by molar-refractivity contribution is 5.93. The summed E-state index contributed by atoms with van der Waals surface area (Å²) in [5, 5.41) is 0. The van der Waals surface area contributed by atoms with E-state index in [1.54, 1.807) is 18.2 Å². The maximum Gasteiger partial charge on any atom is 0.410 e. The molecule has 4 aromatic rings. The maximum atomic E-state index is 12.9. The van der Waals surface area contributed by atoms with Gasteiger partial charge in [-0.3, -0.25) is 9.69 Å². The van der Waals surface area contributed by atoms with Crippen LogP contribution in [0.4, 0.5) is 4.79 Å². The summed E-state index contributed by atoms with van der Waals surface area (Å²) < 4.78 is 11.6. The Morgan fingerprint density at radius 1 is 0.818 bits per heavy atom. The third kappa shape index (κ3) is 8.71. The molecule has 0 aliphatic carbocycles. The molecule has 44 heavy (non-hydrogen) atoms. The van der Waals surface area contributed by atoms with Crippen molar-refractivity contribution in [2.24, 2.45) is 5.73 Å². The molecule has 7 nitrogen and oxygen atoms in total. The molecule has 0 radical (unpaired) electrons. The number of hydrogen-bond acceptors (Lipinski definition) is 5. The molecule has 1 aliphatic rings. The molecule has 5 rings (SSSR count). The molecule has 1 heterocycles. The van der Waals surface area contributed by atoms with Gasteiger partial charge in [-0.15, -0.1) is 0 Å². The van der Waals surface area contributed by atoms with Crippen LogP contribution in [0.1, 0.15) is 52.2 Å². The Bertz CT molecular complexity index is 1420. The molecule has 0 atom stereocenters. The molecule has 2 amide bonds. The monoisotopic (exact) mass is 591 g/mol. The van der Waals surface area contributed by atoms with E-state index in [-0.39, 0.29) is 18.6 Å². The van der Waals surface area contributed by atoms with Crippen molar-refractivity contribution in [3.63, 3.8) is 0 Å². The van der Waals surface area contributed by atoms with Crippen molar-refractivity contribution in [1.82, 2.24) is 9.80 Å². The van der Waals surface area contributed by atoms with Crippen LogP contribution < -0.4 is 10.5 Å². The molecule has 0 saturated carbocycles. The molecule has 2 N–H and O–H groups in total. The minimum atomic E-state index is -0.468. The van der Waals surface area contributed by atoms with Gasteiger partial charge in [0.05, 0.1) is 6.61 Å². The molecule has 228 valence electrons. The van der Waals surface area contributed by atoms with Crippen LogP contribution in [0.15, 0.2) is 115 Å². The molecule has 1 aliphatic heterocycles. The van der Waals surface area contributed by atoms with Crippen molar-refractivity contribution >= 4 is 12.0 Å². The SMILES string of the molecule is NC(=O)c1cccc(OCCCN(CC(c2ccccc2)c2ccccc2)C2CCN(C(=O)OCc3ccccc3)CC2)c1. The quantitative estimate of drug-likeness (QED) is 0.180. The number of carbonyl (C=O) groups is 2. The molecule has 7 heteroatoms. The molecule has 1 saturated heterocycles. The second kappa shape index (κ2) is 15.7. The van der Waals surface area contributed by atoms with Gasteiger partial charge in [0, 0.05) is 43.7 Å². The number of rotatable bonds is 13. The normalized spacial score (nSPS) is 13.6. The van der Waals surface area contributed by atoms with Crippen LogP contribution in [0.3, 0.4) is 0 Å². The van der Waals surface area contributed by atoms with E-state index in [1.807, 2.05) is 41.3 Å². The van der Waals surface area contributed by atoms with Crippen LogP contribution in [0.25, 0.3) is 0 Å². The van der Waals surface area contributed by atoms with E-state index in [1.165, 1.54) is 11.1 Å². The number of benzene rings is 4. The number of ether oxygens (including phenoxy) is 2. The van der Waals surface area contributed by atoms with Crippen LogP contribution in [0, 0.1) is 0 Å². The van der Waals surface area contributed by atoms with Gasteiger partial charge in [0.25, 0.3) is 0 Å². The summed E-state index contributed by atoms with van der Waals surface area (Å²) in [5.74, 6) is 0.380. The fourth-order valence-corrected chi connectivity index (χ4v) is 5.85. The molecular weight excluding hydrogens is 550 g/mol. The van der Waals surface area contributed by atoms with Gasteiger partial charge in [-0.2, -0.15) is 0 Å². The van der Waals surface area contributed by atoms with Gasteiger partial charge in [-0.25, -0.2) is 4.79 Å². The molecular formula is C37H41N3O4. The Balaban J connectivity index is 1.25. The maximum absolute atomic E-state index is 12.9. The highest BCUT2D eigenvalue weighted by Crippen LogP contribution is 2.29. The lowest BCUT2D eigenvalue weighted by molar-refractivity contribution is 0.0655. The second-order valence-corrected chi connectivity index (χ2v) is 11.2. The number of piperidine rings is 1. The first-order valence-corrected chi connectivity index (χ1v) is 15.4. The highest BCUT2D eigenvalue weighted by Gasteiger charge is 2.29. The number of amides is 2. The van der Waals surface area contributed by atoms with Crippen molar-refractivity contribution in [2.45, 2.75) is 37.8 Å². The van der Waals surface area contributed by atoms with Crippen molar-refractivity contribution in [1.29, 1.82) is 0 Å². The van der Waals surface area contributed by atoms with E-state index in [4.69, 9.17) is 15.2 Å². The van der Waals surface area contributed by atoms with Crippen LogP contribution in [0.5, 0.6) is 5.75 Å². The number of nitrogens with zero attached hydrogens (tertiary/aromatic N) is 2. The fraction of sp³-hybridized carbons (Fsp3) is 0.297. The van der Waals surface area contributed by atoms with E-state index in [0.717, 1.165) is 37.9 Å². The minimum absolute atomic E-state index is 0.208. The van der Waals surface area contributed by atoms with Crippen molar-refractivity contribution in [2.75, 3.05) is 32.8 Å². The Labute approximate surface area is 260 Å². The van der Waals surface area contributed by atoms with Gasteiger partial charge < -0.3 is 20.1 Å². The third-order valence-electron chi connectivity index (χ3n) is 8.24. The molecule has 0 unspecified atom stereocenters. The summed E-state index contributed by atoms with van der Waals surface area (Å²) >= 11 is 0. The molecule has 1 fully saturated rings. The summed E-state index contributed by atoms with van der Waals surface area (Å²) in [6.07, 6.45) is 2.31. The zero-order valence-electron chi connectivity index (χ0n) is 25.1. The number of hydrogen-bond donors (Lipinski definition) is 1. The summed E-state index contributed by atoms with van der Waals surface area (Å²) in [4.78, 5) is 28.8. The van der Waals surface area contributed by atoms with Crippen LogP contribution >= 0.6 is 0 Å². The van der Waals surface area contributed by atoms with E-state index >= 15 is 0 Å². The lowest BCUT2D eigenvalue weighted by Crippen LogP contribution is -2.48. The van der Waals surface area contributed by atoms with Gasteiger partial charge in [0.1, 0.15) is 12.4 Å². The average Bonchev–Trinajstić information content (AvgIpc) is 3.08. The van der Waals surface area contributed by atoms with Crippen molar-refractivity contribution in [3.8, 4) is 5.75 Å². The van der Waals surface area contributed by atoms with Crippen molar-refractivity contribution in [3.05, 3.63) is 138 Å². The predicted molar refractivity (Wildman–Crippen MR) is 173 cm³/mol. The topological polar surface area (TPSA) is 85.1 Å². The molecule has 0 aromatic heterocycles. The van der Waals surface area contributed by atoms with E-state index in [2.05, 4.69) is 65.6 Å². The standard InChI is InChI=1S/C37H41N3O4/c38-36(41)32-18-10-19-34(26-32)43-25-11-22-40(27-35(30-14-6-2-7-15-30)31-16-8-3-9-17-31)33-20-23-39(24-21-33)37(42)44-28-29-12-4-1-5-13-29/h1-10,12-19,26,33,35H,11,20-25,27-28H2,(H2,38,41). The minimum Gasteiger partial charge on any atom is -0.494 e. The van der Waals surface area contributed by atoms with E-state index in [9.17, 15) is 9.59 Å². The summed E-state index contributed by atoms with van der Waals surface area (Å²) in [6, 6.07) is 38.4. The predicted octanol–water partition coefficient (Wildman–Crippen LogP) is 6.49. The Morgan fingerprint density at radius 2 is 1.43 bits per heavy atom.